The van der Waals surface area contributed by atoms with Crippen LogP contribution in [0.4, 0.5) is 0 Å². The quantitative estimate of drug-likeness (QED) is 0.658. The summed E-state index contributed by atoms with van der Waals surface area (Å²) in [4.78, 5) is 45.4. The molecule has 0 saturated carbocycles. The zero-order valence-electron chi connectivity index (χ0n) is 21.0. The molecule has 2 aliphatic heterocycles. The van der Waals surface area contributed by atoms with Gasteiger partial charge in [0.2, 0.25) is 11.8 Å². The van der Waals surface area contributed by atoms with E-state index < -0.39 is 11.5 Å². The molecule has 0 bridgehead atoms. The highest BCUT2D eigenvalue weighted by molar-refractivity contribution is 7.09. The maximum absolute atomic E-state index is 13.4. The summed E-state index contributed by atoms with van der Waals surface area (Å²) in [7, 11) is 0. The SMILES string of the molecule is C[C@@H]1NC(=O)C2(CCCCOCCCNC1=O)CCN(C(=O)c1csc(Cc3ccccc3)n1)CC2. The van der Waals surface area contributed by atoms with Gasteiger partial charge < -0.3 is 20.3 Å². The van der Waals surface area contributed by atoms with Crippen LogP contribution < -0.4 is 10.6 Å². The number of benzene rings is 1. The first kappa shape index (κ1) is 26.3. The number of amides is 3. The number of thiazole rings is 1. The van der Waals surface area contributed by atoms with E-state index in [0.717, 1.165) is 30.7 Å². The Morgan fingerprint density at radius 3 is 2.64 bits per heavy atom. The van der Waals surface area contributed by atoms with Crippen LogP contribution in [0, 0.1) is 5.41 Å². The van der Waals surface area contributed by atoms with Crippen molar-refractivity contribution in [3.05, 3.63) is 52.0 Å². The fourth-order valence-electron chi connectivity index (χ4n) is 4.87. The molecule has 4 rings (SSSR count). The number of nitrogens with zero attached hydrogens (tertiary/aromatic N) is 2. The van der Waals surface area contributed by atoms with Crippen molar-refractivity contribution >= 4 is 29.1 Å². The molecule has 2 saturated heterocycles. The summed E-state index contributed by atoms with van der Waals surface area (Å²) in [6.45, 7) is 4.51. The highest BCUT2D eigenvalue weighted by atomic mass is 32.1. The van der Waals surface area contributed by atoms with Gasteiger partial charge in [0.1, 0.15) is 11.7 Å². The lowest BCUT2D eigenvalue weighted by atomic mass is 9.73. The second kappa shape index (κ2) is 12.5. The fourth-order valence-corrected chi connectivity index (χ4v) is 5.68. The minimum atomic E-state index is -0.601. The topological polar surface area (TPSA) is 101 Å². The lowest BCUT2D eigenvalue weighted by Gasteiger charge is -2.41. The highest BCUT2D eigenvalue weighted by Crippen LogP contribution is 2.37. The Bertz CT molecular complexity index is 1030. The first-order valence-electron chi connectivity index (χ1n) is 12.9. The number of aromatic nitrogens is 1. The molecule has 9 heteroatoms. The molecule has 1 aromatic heterocycles. The molecule has 194 valence electrons. The van der Waals surface area contributed by atoms with Gasteiger partial charge in [0.25, 0.3) is 5.91 Å². The van der Waals surface area contributed by atoms with Crippen LogP contribution in [-0.4, -0.2) is 66.5 Å². The first-order chi connectivity index (χ1) is 17.5. The van der Waals surface area contributed by atoms with Gasteiger partial charge in [0.05, 0.1) is 10.4 Å². The van der Waals surface area contributed by atoms with Crippen LogP contribution in [0.5, 0.6) is 0 Å². The third-order valence-electron chi connectivity index (χ3n) is 7.16. The number of piperidine rings is 1. The zero-order valence-corrected chi connectivity index (χ0v) is 21.8. The van der Waals surface area contributed by atoms with Crippen molar-refractivity contribution in [1.82, 2.24) is 20.5 Å². The van der Waals surface area contributed by atoms with Gasteiger partial charge in [0.15, 0.2) is 0 Å². The summed E-state index contributed by atoms with van der Waals surface area (Å²) in [5.41, 5.74) is 1.05. The van der Waals surface area contributed by atoms with Crippen molar-refractivity contribution < 1.29 is 19.1 Å². The average molecular weight is 513 g/mol. The molecule has 2 N–H and O–H groups in total. The molecular weight excluding hydrogens is 476 g/mol. The molecule has 0 radical (unpaired) electrons. The molecule has 36 heavy (non-hydrogen) atoms. The van der Waals surface area contributed by atoms with E-state index in [2.05, 4.69) is 27.8 Å². The van der Waals surface area contributed by atoms with E-state index in [4.69, 9.17) is 4.74 Å². The van der Waals surface area contributed by atoms with Crippen molar-refractivity contribution in [3.8, 4) is 0 Å². The second-order valence-corrected chi connectivity index (χ2v) is 10.7. The fraction of sp³-hybridized carbons (Fsp3) is 0.556. The minimum absolute atomic E-state index is 0.0807. The summed E-state index contributed by atoms with van der Waals surface area (Å²) in [5.74, 6) is -0.352. The zero-order chi connectivity index (χ0) is 25.4. The molecule has 0 aliphatic carbocycles. The third-order valence-corrected chi connectivity index (χ3v) is 8.01. The maximum Gasteiger partial charge on any atom is 0.273 e. The van der Waals surface area contributed by atoms with E-state index in [1.54, 1.807) is 6.92 Å². The average Bonchev–Trinajstić information content (AvgIpc) is 3.36. The Morgan fingerprint density at radius 1 is 1.11 bits per heavy atom. The number of rotatable bonds is 3. The molecule has 1 aromatic carbocycles. The van der Waals surface area contributed by atoms with Gasteiger partial charge in [-0.2, -0.15) is 0 Å². The van der Waals surface area contributed by atoms with Gasteiger partial charge in [-0.1, -0.05) is 36.8 Å². The number of nitrogens with one attached hydrogen (secondary N) is 2. The number of likely N-dealkylation sites (tertiary alicyclic amines) is 1. The Hall–Kier alpha value is -2.78. The van der Waals surface area contributed by atoms with Crippen LogP contribution in [0.2, 0.25) is 0 Å². The van der Waals surface area contributed by atoms with E-state index in [-0.39, 0.29) is 17.7 Å². The van der Waals surface area contributed by atoms with Gasteiger partial charge in [-0.25, -0.2) is 4.98 Å². The van der Waals surface area contributed by atoms with Gasteiger partial charge in [-0.3, -0.25) is 14.4 Å². The third kappa shape index (κ3) is 6.70. The molecule has 2 aromatic rings. The molecular formula is C27H36N4O4S. The van der Waals surface area contributed by atoms with Crippen LogP contribution in [0.25, 0.3) is 0 Å². The number of hydrogen-bond acceptors (Lipinski definition) is 6. The largest absolute Gasteiger partial charge is 0.381 e. The number of carbonyl (C=O) groups excluding carboxylic acids is 3. The van der Waals surface area contributed by atoms with Gasteiger partial charge in [-0.05, 0) is 44.6 Å². The second-order valence-electron chi connectivity index (χ2n) is 9.77. The molecule has 1 atom stereocenters. The maximum atomic E-state index is 13.4. The van der Waals surface area contributed by atoms with E-state index >= 15 is 0 Å². The Balaban J connectivity index is 1.39. The summed E-state index contributed by atoms with van der Waals surface area (Å²) >= 11 is 1.50. The first-order valence-corrected chi connectivity index (χ1v) is 13.8. The van der Waals surface area contributed by atoms with Gasteiger partial charge >= 0.3 is 0 Å². The predicted octanol–water partition coefficient (Wildman–Crippen LogP) is 3.17. The molecule has 8 nitrogen and oxygen atoms in total. The summed E-state index contributed by atoms with van der Waals surface area (Å²) in [6.07, 6.45) is 5.09. The lowest BCUT2D eigenvalue weighted by molar-refractivity contribution is -0.137. The van der Waals surface area contributed by atoms with Crippen molar-refractivity contribution in [1.29, 1.82) is 0 Å². The van der Waals surface area contributed by atoms with Crippen molar-refractivity contribution in [2.45, 2.75) is 57.9 Å². The highest BCUT2D eigenvalue weighted by Gasteiger charge is 2.42. The van der Waals surface area contributed by atoms with Crippen molar-refractivity contribution in [3.63, 3.8) is 0 Å². The monoisotopic (exact) mass is 512 g/mol. The number of ether oxygens (including phenoxy) is 1. The van der Waals surface area contributed by atoms with E-state index in [0.29, 0.717) is 57.8 Å². The summed E-state index contributed by atoms with van der Waals surface area (Å²) in [5, 5.41) is 8.56. The van der Waals surface area contributed by atoms with E-state index in [1.807, 2.05) is 28.5 Å². The van der Waals surface area contributed by atoms with Gasteiger partial charge in [-0.15, -0.1) is 11.3 Å². The normalized spacial score (nSPS) is 21.9. The molecule has 2 fully saturated rings. The summed E-state index contributed by atoms with van der Waals surface area (Å²) in [6, 6.07) is 9.50. The number of hydrogen-bond donors (Lipinski definition) is 2. The molecule has 2 aliphatic rings. The summed E-state index contributed by atoms with van der Waals surface area (Å²) < 4.78 is 5.67. The molecule has 3 heterocycles. The van der Waals surface area contributed by atoms with Crippen molar-refractivity contribution in [2.75, 3.05) is 32.8 Å². The van der Waals surface area contributed by atoms with Crippen LogP contribution in [0.1, 0.15) is 66.5 Å². The van der Waals surface area contributed by atoms with E-state index in [9.17, 15) is 14.4 Å². The molecule has 0 unspecified atom stereocenters. The van der Waals surface area contributed by atoms with E-state index in [1.165, 1.54) is 16.9 Å². The Morgan fingerprint density at radius 2 is 1.86 bits per heavy atom. The van der Waals surface area contributed by atoms with Gasteiger partial charge in [0, 0.05) is 44.6 Å². The van der Waals surface area contributed by atoms with Crippen LogP contribution >= 0.6 is 11.3 Å². The predicted molar refractivity (Wildman–Crippen MR) is 139 cm³/mol. The Labute approximate surface area is 216 Å². The smallest absolute Gasteiger partial charge is 0.273 e. The minimum Gasteiger partial charge on any atom is -0.381 e. The molecule has 1 spiro atoms. The van der Waals surface area contributed by atoms with Crippen LogP contribution in [0.15, 0.2) is 35.7 Å². The van der Waals surface area contributed by atoms with Crippen LogP contribution in [-0.2, 0) is 20.7 Å². The lowest BCUT2D eigenvalue weighted by Crippen LogP contribution is -2.54. The Kier molecular flexibility index (Phi) is 9.09. The van der Waals surface area contributed by atoms with Crippen molar-refractivity contribution in [2.24, 2.45) is 5.41 Å². The van der Waals surface area contributed by atoms with Crippen LogP contribution in [0.3, 0.4) is 0 Å². The number of carbonyl (C=O) groups is 3. The standard InChI is InChI=1S/C27H36N4O4S/c1-20-24(32)28-13-7-17-35-16-6-5-10-27(26(34)29-20)11-14-31(15-12-27)25(33)22-19-36-23(30-22)18-21-8-3-2-4-9-21/h2-4,8-9,19-20H,5-7,10-18H2,1H3,(H,28,32)(H,29,34)/t20-/m0/s1. The molecule has 3 amide bonds.